The molecule has 0 saturated carbocycles. The Kier molecular flexibility index (Phi) is 5.30. The molecule has 3 rings (SSSR count). The zero-order valence-corrected chi connectivity index (χ0v) is 14.1. The van der Waals surface area contributed by atoms with Crippen LogP contribution in [0.25, 0.3) is 0 Å². The molecule has 1 N–H and O–H groups in total. The highest BCUT2D eigenvalue weighted by molar-refractivity contribution is 7.89. The predicted molar refractivity (Wildman–Crippen MR) is 83.6 cm³/mol. The summed E-state index contributed by atoms with van der Waals surface area (Å²) < 4.78 is 44.9. The van der Waals surface area contributed by atoms with Crippen LogP contribution in [0.2, 0.25) is 0 Å². The average molecular weight is 365 g/mol. The van der Waals surface area contributed by atoms with Gasteiger partial charge in [0.15, 0.2) is 0 Å². The quantitative estimate of drug-likeness (QED) is 0.806. The Morgan fingerprint density at radius 1 is 1.30 bits per heavy atom. The van der Waals surface area contributed by atoms with Gasteiger partial charge in [-0.25, -0.2) is 17.6 Å². The summed E-state index contributed by atoms with van der Waals surface area (Å²) in [5.74, 6) is -0.963. The number of sulfonamides is 1. The molecular weight excluding hydrogens is 347 g/mol. The highest BCUT2D eigenvalue weighted by Crippen LogP contribution is 2.32. The first-order chi connectivity index (χ1) is 10.4. The van der Waals surface area contributed by atoms with Gasteiger partial charge in [-0.15, -0.1) is 12.4 Å². The Morgan fingerprint density at radius 3 is 2.48 bits per heavy atom. The van der Waals surface area contributed by atoms with Gasteiger partial charge < -0.3 is 10.1 Å². The summed E-state index contributed by atoms with van der Waals surface area (Å²) in [4.78, 5) is 11.6. The maximum Gasteiger partial charge on any atom is 0.339 e. The number of rotatable bonds is 3. The van der Waals surface area contributed by atoms with E-state index in [0.29, 0.717) is 13.1 Å². The Labute approximate surface area is 140 Å². The van der Waals surface area contributed by atoms with Crippen molar-refractivity contribution in [1.29, 1.82) is 0 Å². The molecule has 2 atom stereocenters. The lowest BCUT2D eigenvalue weighted by atomic mass is 10.0. The van der Waals surface area contributed by atoms with Gasteiger partial charge in [-0.05, 0) is 43.1 Å². The molecule has 6 nitrogen and oxygen atoms in total. The molecule has 0 aromatic heterocycles. The van der Waals surface area contributed by atoms with Crippen molar-refractivity contribution in [1.82, 2.24) is 9.62 Å². The van der Waals surface area contributed by atoms with Crippen LogP contribution in [0.4, 0.5) is 4.39 Å². The van der Waals surface area contributed by atoms with Crippen molar-refractivity contribution in [2.45, 2.75) is 4.90 Å². The van der Waals surface area contributed by atoms with Gasteiger partial charge in [0.1, 0.15) is 5.82 Å². The number of methoxy groups -OCH3 is 1. The number of hydrogen-bond donors (Lipinski definition) is 1. The van der Waals surface area contributed by atoms with E-state index < -0.39 is 21.8 Å². The fourth-order valence-corrected chi connectivity index (χ4v) is 4.86. The fourth-order valence-electron chi connectivity index (χ4n) is 3.14. The Balaban J connectivity index is 0.00000192. The second kappa shape index (κ2) is 6.72. The number of hydrogen-bond acceptors (Lipinski definition) is 5. The van der Waals surface area contributed by atoms with Crippen molar-refractivity contribution in [3.8, 4) is 0 Å². The van der Waals surface area contributed by atoms with Gasteiger partial charge in [-0.2, -0.15) is 4.31 Å². The molecule has 9 heteroatoms. The van der Waals surface area contributed by atoms with Gasteiger partial charge >= 0.3 is 5.97 Å². The molecule has 0 radical (unpaired) electrons. The number of nitrogens with zero attached hydrogens (tertiary/aromatic N) is 1. The molecule has 128 valence electrons. The summed E-state index contributed by atoms with van der Waals surface area (Å²) >= 11 is 0. The summed E-state index contributed by atoms with van der Waals surface area (Å²) in [5, 5.41) is 3.24. The first kappa shape index (κ1) is 18.1. The minimum atomic E-state index is -3.85. The number of ether oxygens (including phenoxy) is 1. The second-order valence-electron chi connectivity index (χ2n) is 5.63. The molecule has 23 heavy (non-hydrogen) atoms. The van der Waals surface area contributed by atoms with E-state index >= 15 is 0 Å². The molecule has 0 bridgehead atoms. The van der Waals surface area contributed by atoms with Crippen LogP contribution in [-0.4, -0.2) is 52.0 Å². The molecule has 2 fully saturated rings. The van der Waals surface area contributed by atoms with Gasteiger partial charge in [0.2, 0.25) is 10.0 Å². The maximum absolute atomic E-state index is 13.4. The number of benzene rings is 1. The smallest absolute Gasteiger partial charge is 0.339 e. The number of esters is 1. The molecule has 1 aromatic rings. The minimum absolute atomic E-state index is 0. The van der Waals surface area contributed by atoms with E-state index in [-0.39, 0.29) is 34.7 Å². The molecule has 0 aliphatic carbocycles. The molecule has 2 aliphatic rings. The van der Waals surface area contributed by atoms with E-state index in [1.807, 2.05) is 0 Å². The van der Waals surface area contributed by atoms with Crippen LogP contribution in [0, 0.1) is 17.7 Å². The van der Waals surface area contributed by atoms with Gasteiger partial charge in [0.05, 0.1) is 17.6 Å². The Hall–Kier alpha value is -1.22. The largest absolute Gasteiger partial charge is 0.465 e. The zero-order chi connectivity index (χ0) is 15.9. The molecular formula is C14H18ClFN2O4S. The standard InChI is InChI=1S/C14H17FN2O4S.ClH/c1-21-14(18)12-4-11(15)2-3-13(12)22(19,20)17-7-9-5-16-6-10(9)8-17;/h2-4,9-10,16H,5-8H2,1H3;1H/t9-,10+;. The van der Waals surface area contributed by atoms with Crippen molar-refractivity contribution < 1.29 is 22.3 Å². The van der Waals surface area contributed by atoms with Crippen molar-refractivity contribution >= 4 is 28.4 Å². The van der Waals surface area contributed by atoms with Crippen molar-refractivity contribution in [3.05, 3.63) is 29.6 Å². The van der Waals surface area contributed by atoms with E-state index in [9.17, 15) is 17.6 Å². The molecule has 2 aliphatic heterocycles. The summed E-state index contributed by atoms with van der Waals surface area (Å²) in [6, 6.07) is 3.07. The Morgan fingerprint density at radius 2 is 1.91 bits per heavy atom. The van der Waals surface area contributed by atoms with E-state index in [1.54, 1.807) is 0 Å². The summed E-state index contributed by atoms with van der Waals surface area (Å²) in [6.07, 6.45) is 0. The third-order valence-electron chi connectivity index (χ3n) is 4.32. The van der Waals surface area contributed by atoms with Gasteiger partial charge in [0.25, 0.3) is 0 Å². The van der Waals surface area contributed by atoms with Crippen LogP contribution in [0.15, 0.2) is 23.1 Å². The van der Waals surface area contributed by atoms with Crippen molar-refractivity contribution in [2.24, 2.45) is 11.8 Å². The first-order valence-electron chi connectivity index (χ1n) is 7.02. The second-order valence-corrected chi connectivity index (χ2v) is 7.54. The van der Waals surface area contributed by atoms with Crippen molar-refractivity contribution in [2.75, 3.05) is 33.3 Å². The molecule has 2 saturated heterocycles. The molecule has 0 unspecified atom stereocenters. The highest BCUT2D eigenvalue weighted by atomic mass is 35.5. The van der Waals surface area contributed by atoms with E-state index in [2.05, 4.69) is 10.1 Å². The normalized spacial score (nSPS) is 24.1. The van der Waals surface area contributed by atoms with Crippen LogP contribution >= 0.6 is 12.4 Å². The first-order valence-corrected chi connectivity index (χ1v) is 8.46. The van der Waals surface area contributed by atoms with Crippen LogP contribution in [0.5, 0.6) is 0 Å². The van der Waals surface area contributed by atoms with E-state index in [0.717, 1.165) is 38.4 Å². The molecule has 2 heterocycles. The molecule has 1 aromatic carbocycles. The Bertz CT molecular complexity index is 701. The lowest BCUT2D eigenvalue weighted by Gasteiger charge is -2.19. The third kappa shape index (κ3) is 3.21. The van der Waals surface area contributed by atoms with Crippen LogP contribution in [-0.2, 0) is 14.8 Å². The number of fused-ring (bicyclic) bond motifs is 1. The third-order valence-corrected chi connectivity index (χ3v) is 6.21. The summed E-state index contributed by atoms with van der Waals surface area (Å²) in [6.45, 7) is 2.42. The van der Waals surface area contributed by atoms with Crippen LogP contribution in [0.1, 0.15) is 10.4 Å². The average Bonchev–Trinajstić information content (AvgIpc) is 3.07. The van der Waals surface area contributed by atoms with Gasteiger partial charge in [-0.1, -0.05) is 0 Å². The van der Waals surface area contributed by atoms with E-state index in [1.165, 1.54) is 4.31 Å². The maximum atomic E-state index is 13.4. The highest BCUT2D eigenvalue weighted by Gasteiger charge is 2.42. The van der Waals surface area contributed by atoms with Gasteiger partial charge in [-0.3, -0.25) is 0 Å². The topological polar surface area (TPSA) is 75.7 Å². The fraction of sp³-hybridized carbons (Fsp3) is 0.500. The van der Waals surface area contributed by atoms with Crippen LogP contribution in [0.3, 0.4) is 0 Å². The monoisotopic (exact) mass is 364 g/mol. The number of carbonyl (C=O) groups excluding carboxylic acids is 1. The lowest BCUT2D eigenvalue weighted by Crippen LogP contribution is -2.33. The number of nitrogens with one attached hydrogen (secondary N) is 1. The van der Waals surface area contributed by atoms with Crippen LogP contribution < -0.4 is 5.32 Å². The SMILES string of the molecule is COC(=O)c1cc(F)ccc1S(=O)(=O)N1C[C@H]2CNC[C@H]2C1.Cl. The van der Waals surface area contributed by atoms with Crippen molar-refractivity contribution in [3.63, 3.8) is 0 Å². The lowest BCUT2D eigenvalue weighted by molar-refractivity contribution is 0.0595. The number of halogens is 2. The summed E-state index contributed by atoms with van der Waals surface area (Å²) in [7, 11) is -2.71. The van der Waals surface area contributed by atoms with Gasteiger partial charge in [0, 0.05) is 13.1 Å². The molecule has 0 amide bonds. The molecule has 0 spiro atoms. The minimum Gasteiger partial charge on any atom is -0.465 e. The summed E-state index contributed by atoms with van der Waals surface area (Å²) in [5.41, 5.74) is -0.266. The predicted octanol–water partition coefficient (Wildman–Crippen LogP) is 0.874. The number of carbonyl (C=O) groups is 1. The zero-order valence-electron chi connectivity index (χ0n) is 12.5. The van der Waals surface area contributed by atoms with E-state index in [4.69, 9.17) is 0 Å².